The molecule has 0 aromatic rings. The number of aliphatic hydroxyl groups excluding tert-OH is 1. The summed E-state index contributed by atoms with van der Waals surface area (Å²) >= 11 is 0. The summed E-state index contributed by atoms with van der Waals surface area (Å²) < 4.78 is 32.7. The quantitative estimate of drug-likeness (QED) is 0.376. The summed E-state index contributed by atoms with van der Waals surface area (Å²) in [6, 6.07) is 0. The van der Waals surface area contributed by atoms with Gasteiger partial charge >= 0.3 is 15.3 Å². The van der Waals surface area contributed by atoms with Crippen LogP contribution in [0.1, 0.15) is 64.2 Å². The average Bonchev–Trinajstić information content (AvgIpc) is 3.26. The lowest BCUT2D eigenvalue weighted by Crippen LogP contribution is -2.17. The summed E-state index contributed by atoms with van der Waals surface area (Å²) in [6.07, 6.45) is 6.49. The van der Waals surface area contributed by atoms with E-state index in [2.05, 4.69) is 0 Å². The molecule has 0 aliphatic heterocycles. The van der Waals surface area contributed by atoms with Crippen LogP contribution in [0.4, 0.5) is 0 Å². The highest BCUT2D eigenvalue weighted by Crippen LogP contribution is 2.55. The van der Waals surface area contributed by atoms with Gasteiger partial charge in [0.25, 0.3) is 0 Å². The van der Waals surface area contributed by atoms with E-state index in [4.69, 9.17) is 19.4 Å². The third-order valence-electron chi connectivity index (χ3n) is 4.64. The van der Waals surface area contributed by atoms with Gasteiger partial charge in [0.1, 0.15) is 0 Å². The molecule has 2 rings (SSSR count). The molecule has 8 nitrogen and oxygen atoms in total. The second kappa shape index (κ2) is 7.45. The van der Waals surface area contributed by atoms with Gasteiger partial charge in [-0.15, -0.1) is 0 Å². The second-order valence-electron chi connectivity index (χ2n) is 7.35. The van der Waals surface area contributed by atoms with Crippen molar-refractivity contribution in [1.29, 1.82) is 0 Å². The van der Waals surface area contributed by atoms with E-state index in [1.807, 2.05) is 0 Å². The SMILES string of the molecule is CP(=O)(O)OC1(CCCC(O)CCCC2(OP(N)(=O)O)CC2)CC1. The lowest BCUT2D eigenvalue weighted by Gasteiger charge is -2.20. The van der Waals surface area contributed by atoms with Gasteiger partial charge < -0.3 is 19.4 Å². The molecule has 24 heavy (non-hydrogen) atoms. The number of aliphatic hydroxyl groups is 1. The Morgan fingerprint density at radius 2 is 1.42 bits per heavy atom. The first-order valence-corrected chi connectivity index (χ1v) is 12.1. The molecule has 142 valence electrons. The molecule has 0 aromatic heterocycles. The summed E-state index contributed by atoms with van der Waals surface area (Å²) in [5.74, 6) is 0. The minimum Gasteiger partial charge on any atom is -0.393 e. The lowest BCUT2D eigenvalue weighted by atomic mass is 10.0. The Hall–Kier alpha value is 0.220. The third kappa shape index (κ3) is 7.63. The Balaban J connectivity index is 1.58. The van der Waals surface area contributed by atoms with Gasteiger partial charge in [-0.05, 0) is 64.2 Å². The van der Waals surface area contributed by atoms with E-state index < -0.39 is 32.6 Å². The number of rotatable bonds is 12. The van der Waals surface area contributed by atoms with E-state index in [9.17, 15) is 19.1 Å². The van der Waals surface area contributed by atoms with Crippen LogP contribution in [0.2, 0.25) is 0 Å². The standard InChI is InChI=1S/C14H29NO7P2/c1-23(17,18)21-13(8-9-13)6-2-4-12(16)5-3-7-14(10-11-14)22-24(15,19)20/h12,16H,2-11H2,1H3,(H,17,18)(H3,15,19,20). The molecule has 2 saturated carbocycles. The molecule has 0 bridgehead atoms. The fourth-order valence-electron chi connectivity index (χ4n) is 3.15. The Kier molecular flexibility index (Phi) is 6.38. The zero-order valence-corrected chi connectivity index (χ0v) is 15.9. The van der Waals surface area contributed by atoms with Crippen LogP contribution in [0.15, 0.2) is 0 Å². The van der Waals surface area contributed by atoms with Crippen molar-refractivity contribution in [2.45, 2.75) is 81.5 Å². The fourth-order valence-corrected chi connectivity index (χ4v) is 4.97. The molecule has 0 radical (unpaired) electrons. The maximum atomic E-state index is 11.3. The lowest BCUT2D eigenvalue weighted by molar-refractivity contribution is 0.110. The van der Waals surface area contributed by atoms with Crippen LogP contribution in [0, 0.1) is 0 Å². The molecule has 0 aromatic carbocycles. The van der Waals surface area contributed by atoms with Crippen LogP contribution in [0.3, 0.4) is 0 Å². The van der Waals surface area contributed by atoms with Crippen molar-refractivity contribution in [3.05, 3.63) is 0 Å². The summed E-state index contributed by atoms with van der Waals surface area (Å²) in [5.41, 5.74) is 4.00. The minimum atomic E-state index is -3.96. The maximum absolute atomic E-state index is 11.3. The highest BCUT2D eigenvalue weighted by molar-refractivity contribution is 7.52. The van der Waals surface area contributed by atoms with Crippen molar-refractivity contribution in [2.24, 2.45) is 5.50 Å². The van der Waals surface area contributed by atoms with E-state index in [-0.39, 0.29) is 0 Å². The normalized spacial score (nSPS) is 27.0. The first-order valence-electron chi connectivity index (χ1n) is 8.44. The molecular formula is C14H29NO7P2. The highest BCUT2D eigenvalue weighted by atomic mass is 31.2. The van der Waals surface area contributed by atoms with Gasteiger partial charge in [-0.25, -0.2) is 10.1 Å². The van der Waals surface area contributed by atoms with Crippen molar-refractivity contribution >= 4 is 15.3 Å². The van der Waals surface area contributed by atoms with Gasteiger partial charge in [-0.2, -0.15) is 0 Å². The zero-order chi connectivity index (χ0) is 18.1. The molecule has 5 N–H and O–H groups in total. The predicted octanol–water partition coefficient (Wildman–Crippen LogP) is 2.66. The van der Waals surface area contributed by atoms with Gasteiger partial charge in [0.15, 0.2) is 0 Å². The summed E-state index contributed by atoms with van der Waals surface area (Å²) in [5, 5.41) is 10.0. The Labute approximate surface area is 142 Å². The summed E-state index contributed by atoms with van der Waals surface area (Å²) in [6.45, 7) is 1.20. The molecule has 10 heteroatoms. The molecule has 0 amide bonds. The van der Waals surface area contributed by atoms with E-state index in [0.717, 1.165) is 32.1 Å². The van der Waals surface area contributed by atoms with E-state index in [1.54, 1.807) is 0 Å². The number of hydrogen-bond donors (Lipinski definition) is 4. The molecule has 2 aliphatic rings. The second-order valence-corrected chi connectivity index (χ2v) is 10.5. The number of hydrogen-bond acceptors (Lipinski definition) is 5. The fraction of sp³-hybridized carbons (Fsp3) is 1.00. The van der Waals surface area contributed by atoms with Gasteiger partial charge in [0.05, 0.1) is 17.3 Å². The van der Waals surface area contributed by atoms with E-state index in [1.165, 1.54) is 6.66 Å². The summed E-state index contributed by atoms with van der Waals surface area (Å²) in [4.78, 5) is 18.4. The van der Waals surface area contributed by atoms with Gasteiger partial charge in [0.2, 0.25) is 0 Å². The van der Waals surface area contributed by atoms with Crippen molar-refractivity contribution in [3.8, 4) is 0 Å². The third-order valence-corrected chi connectivity index (χ3v) is 6.02. The monoisotopic (exact) mass is 385 g/mol. The topological polar surface area (TPSA) is 139 Å². The van der Waals surface area contributed by atoms with Crippen LogP contribution in [-0.2, 0) is 18.2 Å². The molecule has 2 fully saturated rings. The van der Waals surface area contributed by atoms with Gasteiger partial charge in [0, 0.05) is 6.66 Å². The smallest absolute Gasteiger partial charge is 0.393 e. The Morgan fingerprint density at radius 1 is 1.00 bits per heavy atom. The van der Waals surface area contributed by atoms with Gasteiger partial charge in [-0.1, -0.05) is 0 Å². The van der Waals surface area contributed by atoms with Crippen molar-refractivity contribution < 1.29 is 33.1 Å². The van der Waals surface area contributed by atoms with Crippen molar-refractivity contribution in [3.63, 3.8) is 0 Å². The van der Waals surface area contributed by atoms with E-state index in [0.29, 0.717) is 32.1 Å². The van der Waals surface area contributed by atoms with E-state index >= 15 is 0 Å². The van der Waals surface area contributed by atoms with Crippen molar-refractivity contribution in [1.82, 2.24) is 0 Å². The average molecular weight is 385 g/mol. The van der Waals surface area contributed by atoms with Gasteiger partial charge in [-0.3, -0.25) is 9.09 Å². The van der Waals surface area contributed by atoms with Crippen LogP contribution in [-0.4, -0.2) is 38.9 Å². The molecule has 0 saturated heterocycles. The Bertz CT molecular complexity index is 475. The van der Waals surface area contributed by atoms with Crippen LogP contribution in [0.5, 0.6) is 0 Å². The molecule has 2 aliphatic carbocycles. The largest absolute Gasteiger partial charge is 0.400 e. The maximum Gasteiger partial charge on any atom is 0.400 e. The minimum absolute atomic E-state index is 0.460. The molecule has 0 heterocycles. The molecular weight excluding hydrogens is 356 g/mol. The zero-order valence-electron chi connectivity index (χ0n) is 14.1. The van der Waals surface area contributed by atoms with Crippen LogP contribution in [0.25, 0.3) is 0 Å². The molecule has 0 spiro atoms. The molecule has 3 unspecified atom stereocenters. The van der Waals surface area contributed by atoms with Crippen LogP contribution < -0.4 is 5.50 Å². The molecule has 3 atom stereocenters. The van der Waals surface area contributed by atoms with Crippen molar-refractivity contribution in [2.75, 3.05) is 6.66 Å². The highest BCUT2D eigenvalue weighted by Gasteiger charge is 2.48. The van der Waals surface area contributed by atoms with Crippen LogP contribution >= 0.6 is 15.3 Å². The number of nitrogens with two attached hydrogens (primary N) is 1. The Morgan fingerprint density at radius 3 is 1.75 bits per heavy atom. The first kappa shape index (κ1) is 20.5. The predicted molar refractivity (Wildman–Crippen MR) is 89.6 cm³/mol. The summed E-state index contributed by atoms with van der Waals surface area (Å²) in [7, 11) is -7.42. The first-order chi connectivity index (χ1) is 10.9.